The topological polar surface area (TPSA) is 64.5 Å². The predicted molar refractivity (Wildman–Crippen MR) is 73.3 cm³/mol. The first-order valence-electron chi connectivity index (χ1n) is 6.06. The van der Waals surface area contributed by atoms with Gasteiger partial charge in [0.25, 0.3) is 0 Å². The largest absolute Gasteiger partial charge is 0.380 e. The molecule has 0 amide bonds. The number of benzene rings is 1. The van der Waals surface area contributed by atoms with Crippen LogP contribution in [0, 0.1) is 35.4 Å². The van der Waals surface area contributed by atoms with Crippen LogP contribution in [0.5, 0.6) is 0 Å². The molecule has 1 aromatic carbocycles. The molecule has 0 spiro atoms. The fourth-order valence-electron chi connectivity index (χ4n) is 2.02. The van der Waals surface area contributed by atoms with E-state index in [1.807, 2.05) is 20.0 Å². The molecule has 0 radical (unpaired) electrons. The molecule has 0 saturated carbocycles. The van der Waals surface area contributed by atoms with Crippen molar-refractivity contribution in [3.63, 3.8) is 0 Å². The molecule has 1 heterocycles. The number of rotatable bonds is 3. The lowest BCUT2D eigenvalue weighted by molar-refractivity contribution is 0.624. The van der Waals surface area contributed by atoms with Crippen LogP contribution in [0.15, 0.2) is 24.3 Å². The number of nitrogens with zero attached hydrogens (tertiary/aromatic N) is 3. The van der Waals surface area contributed by atoms with Gasteiger partial charge in [-0.2, -0.15) is 10.5 Å². The Hall–Kier alpha value is -2.79. The molecule has 0 aliphatic rings. The normalized spacial score (nSPS) is 9.85. The summed E-state index contributed by atoms with van der Waals surface area (Å²) in [6, 6.07) is 10.2. The van der Waals surface area contributed by atoms with Crippen LogP contribution in [0.4, 0.5) is 10.1 Å². The van der Waals surface area contributed by atoms with Gasteiger partial charge in [0.2, 0.25) is 0 Å². The lowest BCUT2D eigenvalue weighted by atomic mass is 10.1. The minimum atomic E-state index is -0.542. The minimum absolute atomic E-state index is 0.00147. The van der Waals surface area contributed by atoms with Crippen molar-refractivity contribution < 1.29 is 4.39 Å². The summed E-state index contributed by atoms with van der Waals surface area (Å²) in [6.07, 6.45) is 0. The molecule has 0 aliphatic heterocycles. The lowest BCUT2D eigenvalue weighted by Crippen LogP contribution is -2.03. The Labute approximate surface area is 116 Å². The highest BCUT2D eigenvalue weighted by molar-refractivity contribution is 5.58. The van der Waals surface area contributed by atoms with Crippen molar-refractivity contribution in [1.82, 2.24) is 4.57 Å². The van der Waals surface area contributed by atoms with E-state index in [2.05, 4.69) is 11.4 Å². The number of halogens is 1. The van der Waals surface area contributed by atoms with E-state index in [4.69, 9.17) is 10.5 Å². The summed E-state index contributed by atoms with van der Waals surface area (Å²) < 4.78 is 15.3. The highest BCUT2D eigenvalue weighted by atomic mass is 19.1. The zero-order valence-electron chi connectivity index (χ0n) is 11.2. The van der Waals surface area contributed by atoms with E-state index in [0.29, 0.717) is 17.9 Å². The van der Waals surface area contributed by atoms with Crippen LogP contribution >= 0.6 is 0 Å². The zero-order valence-corrected chi connectivity index (χ0v) is 11.2. The number of nitriles is 2. The first-order valence-corrected chi connectivity index (χ1v) is 6.06. The molecule has 0 fully saturated rings. The second kappa shape index (κ2) is 5.46. The maximum atomic E-state index is 13.5. The summed E-state index contributed by atoms with van der Waals surface area (Å²) in [7, 11) is 1.82. The fraction of sp³-hybridized carbons (Fsp3) is 0.200. The highest BCUT2D eigenvalue weighted by Gasteiger charge is 2.11. The molecule has 0 atom stereocenters. The number of anilines is 1. The van der Waals surface area contributed by atoms with Crippen molar-refractivity contribution in [3.8, 4) is 12.1 Å². The summed E-state index contributed by atoms with van der Waals surface area (Å²) in [4.78, 5) is 0. The van der Waals surface area contributed by atoms with Gasteiger partial charge in [0.1, 0.15) is 29.2 Å². The van der Waals surface area contributed by atoms with Crippen molar-refractivity contribution in [3.05, 3.63) is 52.6 Å². The average Bonchev–Trinajstić information content (AvgIpc) is 2.72. The Bertz CT molecular complexity index is 732. The molecule has 0 saturated heterocycles. The minimum Gasteiger partial charge on any atom is -0.380 e. The zero-order chi connectivity index (χ0) is 14.7. The van der Waals surface area contributed by atoms with E-state index in [-0.39, 0.29) is 5.56 Å². The molecule has 100 valence electrons. The maximum Gasteiger partial charge on any atom is 0.143 e. The van der Waals surface area contributed by atoms with Crippen molar-refractivity contribution >= 4 is 5.69 Å². The fourth-order valence-corrected chi connectivity index (χ4v) is 2.02. The van der Waals surface area contributed by atoms with Gasteiger partial charge in [0.15, 0.2) is 0 Å². The second-order valence-electron chi connectivity index (χ2n) is 4.44. The molecule has 4 nitrogen and oxygen atoms in total. The number of hydrogen-bond donors (Lipinski definition) is 1. The van der Waals surface area contributed by atoms with Crippen LogP contribution in [-0.4, -0.2) is 4.57 Å². The van der Waals surface area contributed by atoms with Gasteiger partial charge in [-0.25, -0.2) is 4.39 Å². The smallest absolute Gasteiger partial charge is 0.143 e. The molecular formula is C15H13FN4. The monoisotopic (exact) mass is 268 g/mol. The van der Waals surface area contributed by atoms with E-state index < -0.39 is 5.82 Å². The molecule has 0 aliphatic carbocycles. The van der Waals surface area contributed by atoms with Gasteiger partial charge in [-0.3, -0.25) is 0 Å². The van der Waals surface area contributed by atoms with Crippen LogP contribution in [0.25, 0.3) is 0 Å². The Morgan fingerprint density at radius 1 is 1.30 bits per heavy atom. The highest BCUT2D eigenvalue weighted by Crippen LogP contribution is 2.20. The Morgan fingerprint density at radius 2 is 2.05 bits per heavy atom. The second-order valence-corrected chi connectivity index (χ2v) is 4.44. The van der Waals surface area contributed by atoms with Crippen LogP contribution in [0.1, 0.15) is 22.5 Å². The van der Waals surface area contributed by atoms with Crippen LogP contribution < -0.4 is 5.32 Å². The number of aromatic nitrogens is 1. The van der Waals surface area contributed by atoms with Crippen LogP contribution in [0.2, 0.25) is 0 Å². The molecular weight excluding hydrogens is 255 g/mol. The van der Waals surface area contributed by atoms with Crippen molar-refractivity contribution in [2.24, 2.45) is 7.05 Å². The van der Waals surface area contributed by atoms with E-state index >= 15 is 0 Å². The average molecular weight is 268 g/mol. The standard InChI is InChI=1S/C15H13FN4/c1-10-11(6-12(7-17)20(10)2)9-19-15-5-3-4-14(16)13(15)8-18/h3-6,19H,9H2,1-2H3. The van der Waals surface area contributed by atoms with Crippen molar-refractivity contribution in [2.45, 2.75) is 13.5 Å². The molecule has 5 heteroatoms. The first-order chi connectivity index (χ1) is 9.58. The quantitative estimate of drug-likeness (QED) is 0.930. The molecule has 2 rings (SSSR count). The van der Waals surface area contributed by atoms with Crippen molar-refractivity contribution in [2.75, 3.05) is 5.32 Å². The van der Waals surface area contributed by atoms with E-state index in [1.165, 1.54) is 6.07 Å². The summed E-state index contributed by atoms with van der Waals surface area (Å²) in [6.45, 7) is 2.34. The van der Waals surface area contributed by atoms with E-state index in [0.717, 1.165) is 11.3 Å². The summed E-state index contributed by atoms with van der Waals surface area (Å²) >= 11 is 0. The maximum absolute atomic E-state index is 13.5. The van der Waals surface area contributed by atoms with Gasteiger partial charge < -0.3 is 9.88 Å². The van der Waals surface area contributed by atoms with E-state index in [1.54, 1.807) is 22.8 Å². The molecule has 0 bridgehead atoms. The third-order valence-corrected chi connectivity index (χ3v) is 3.35. The Kier molecular flexibility index (Phi) is 3.72. The van der Waals surface area contributed by atoms with Gasteiger partial charge in [-0.1, -0.05) is 6.07 Å². The third kappa shape index (κ3) is 2.34. The third-order valence-electron chi connectivity index (χ3n) is 3.35. The molecule has 1 aromatic heterocycles. The lowest BCUT2D eigenvalue weighted by Gasteiger charge is -2.08. The predicted octanol–water partition coefficient (Wildman–Crippen LogP) is 2.83. The SMILES string of the molecule is Cc1c(CNc2cccc(F)c2C#N)cc(C#N)n1C. The Balaban J connectivity index is 2.25. The number of nitrogens with one attached hydrogen (secondary N) is 1. The van der Waals surface area contributed by atoms with Gasteiger partial charge in [-0.15, -0.1) is 0 Å². The van der Waals surface area contributed by atoms with Crippen LogP contribution in [0.3, 0.4) is 0 Å². The summed E-state index contributed by atoms with van der Waals surface area (Å²) in [5, 5.41) is 21.0. The van der Waals surface area contributed by atoms with Gasteiger partial charge in [0.05, 0.1) is 5.69 Å². The van der Waals surface area contributed by atoms with Gasteiger partial charge >= 0.3 is 0 Å². The summed E-state index contributed by atoms with van der Waals surface area (Å²) in [5.41, 5.74) is 2.93. The number of hydrogen-bond acceptors (Lipinski definition) is 3. The first kappa shape index (κ1) is 13.6. The van der Waals surface area contributed by atoms with Gasteiger partial charge in [-0.05, 0) is 30.7 Å². The Morgan fingerprint density at radius 3 is 2.65 bits per heavy atom. The summed E-state index contributed by atoms with van der Waals surface area (Å²) in [5.74, 6) is -0.542. The molecule has 20 heavy (non-hydrogen) atoms. The molecule has 1 N–H and O–H groups in total. The molecule has 0 unspecified atom stereocenters. The van der Waals surface area contributed by atoms with Crippen LogP contribution in [-0.2, 0) is 13.6 Å². The molecule has 2 aromatic rings. The van der Waals surface area contributed by atoms with Gasteiger partial charge in [0, 0.05) is 19.3 Å². The van der Waals surface area contributed by atoms with Crippen molar-refractivity contribution in [1.29, 1.82) is 10.5 Å². The van der Waals surface area contributed by atoms with E-state index in [9.17, 15) is 4.39 Å².